The van der Waals surface area contributed by atoms with Crippen LogP contribution in [0.4, 0.5) is 18.9 Å². The summed E-state index contributed by atoms with van der Waals surface area (Å²) in [5.74, 6) is -5.52. The molecule has 106 valence electrons. The van der Waals surface area contributed by atoms with E-state index in [0.29, 0.717) is 11.8 Å². The first-order valence-corrected chi connectivity index (χ1v) is 5.73. The van der Waals surface area contributed by atoms with Crippen LogP contribution in [0, 0.1) is 28.8 Å². The maximum absolute atomic E-state index is 13.4. The summed E-state index contributed by atoms with van der Waals surface area (Å²) in [5, 5.41) is 10.9. The van der Waals surface area contributed by atoms with E-state index < -0.39 is 29.0 Å². The molecule has 0 saturated heterocycles. The summed E-state index contributed by atoms with van der Waals surface area (Å²) in [6, 6.07) is 6.46. The van der Waals surface area contributed by atoms with Crippen molar-refractivity contribution >= 4 is 17.7 Å². The zero-order chi connectivity index (χ0) is 15.4. The summed E-state index contributed by atoms with van der Waals surface area (Å²) in [4.78, 5) is 14.6. The molecule has 2 N–H and O–H groups in total. The lowest BCUT2D eigenvalue weighted by atomic mass is 10.2. The van der Waals surface area contributed by atoms with Gasteiger partial charge in [0.15, 0.2) is 17.5 Å². The lowest BCUT2D eigenvalue weighted by Crippen LogP contribution is -2.15. The predicted molar refractivity (Wildman–Crippen MR) is 69.3 cm³/mol. The quantitative estimate of drug-likeness (QED) is 0.518. The van der Waals surface area contributed by atoms with Gasteiger partial charge in [-0.05, 0) is 30.3 Å². The number of carbonyl (C=O) groups excluding carboxylic acids is 1. The van der Waals surface area contributed by atoms with Crippen LogP contribution < -0.4 is 5.32 Å². The molecule has 0 aliphatic heterocycles. The maximum Gasteiger partial charge on any atom is 0.266 e. The molecule has 0 aliphatic carbocycles. The SMILES string of the molecule is N#C/C(=C/c1ccc[nH]1)C(=O)Nc1ccc(F)c(F)c1F. The van der Waals surface area contributed by atoms with Gasteiger partial charge in [0.05, 0.1) is 5.69 Å². The predicted octanol–water partition coefficient (Wildman–Crippen LogP) is 2.98. The van der Waals surface area contributed by atoms with E-state index in [1.165, 1.54) is 6.08 Å². The number of nitrogens with one attached hydrogen (secondary N) is 2. The number of benzene rings is 1. The van der Waals surface area contributed by atoms with Crippen molar-refractivity contribution in [2.45, 2.75) is 0 Å². The fourth-order valence-corrected chi connectivity index (χ4v) is 1.55. The Balaban J connectivity index is 2.25. The molecule has 1 aromatic heterocycles. The van der Waals surface area contributed by atoms with Gasteiger partial charge in [-0.1, -0.05) is 0 Å². The average molecular weight is 291 g/mol. The number of nitriles is 1. The lowest BCUT2D eigenvalue weighted by molar-refractivity contribution is -0.112. The van der Waals surface area contributed by atoms with Crippen LogP contribution in [0.5, 0.6) is 0 Å². The number of halogens is 3. The number of anilines is 1. The molecule has 0 atom stereocenters. The number of carbonyl (C=O) groups is 1. The number of H-pyrrole nitrogens is 1. The molecule has 0 bridgehead atoms. The van der Waals surface area contributed by atoms with Gasteiger partial charge in [0.2, 0.25) is 0 Å². The minimum absolute atomic E-state index is 0.318. The van der Waals surface area contributed by atoms with Crippen molar-refractivity contribution in [2.24, 2.45) is 0 Å². The molecule has 2 rings (SSSR count). The number of hydrogen-bond donors (Lipinski definition) is 2. The van der Waals surface area contributed by atoms with E-state index >= 15 is 0 Å². The normalized spacial score (nSPS) is 11.0. The third kappa shape index (κ3) is 3.12. The molecule has 0 saturated carbocycles. The molecular weight excluding hydrogens is 283 g/mol. The fraction of sp³-hybridized carbons (Fsp3) is 0. The summed E-state index contributed by atoms with van der Waals surface area (Å²) >= 11 is 0. The van der Waals surface area contributed by atoms with Crippen molar-refractivity contribution in [2.75, 3.05) is 5.32 Å². The van der Waals surface area contributed by atoms with E-state index in [0.717, 1.165) is 6.07 Å². The van der Waals surface area contributed by atoms with Gasteiger partial charge in [0, 0.05) is 11.9 Å². The second-order valence-corrected chi connectivity index (χ2v) is 3.97. The molecule has 0 aliphatic rings. The van der Waals surface area contributed by atoms with Crippen LogP contribution in [-0.2, 0) is 4.79 Å². The van der Waals surface area contributed by atoms with E-state index in [1.807, 2.05) is 5.32 Å². The molecule has 4 nitrogen and oxygen atoms in total. The van der Waals surface area contributed by atoms with Crippen LogP contribution in [-0.4, -0.2) is 10.9 Å². The topological polar surface area (TPSA) is 68.7 Å². The molecule has 0 radical (unpaired) electrons. The molecule has 1 heterocycles. The van der Waals surface area contributed by atoms with E-state index in [9.17, 15) is 18.0 Å². The molecule has 1 amide bonds. The summed E-state index contributed by atoms with van der Waals surface area (Å²) in [7, 11) is 0. The summed E-state index contributed by atoms with van der Waals surface area (Å²) in [6.07, 6.45) is 2.83. The number of aromatic amines is 1. The van der Waals surface area contributed by atoms with Crippen LogP contribution in [0.25, 0.3) is 6.08 Å². The maximum atomic E-state index is 13.4. The van der Waals surface area contributed by atoms with Crippen LogP contribution in [0.15, 0.2) is 36.0 Å². The van der Waals surface area contributed by atoms with Gasteiger partial charge >= 0.3 is 0 Å². The lowest BCUT2D eigenvalue weighted by Gasteiger charge is -2.06. The first-order chi connectivity index (χ1) is 10.0. The van der Waals surface area contributed by atoms with E-state index in [1.54, 1.807) is 24.4 Å². The number of hydrogen-bond acceptors (Lipinski definition) is 2. The van der Waals surface area contributed by atoms with Crippen LogP contribution >= 0.6 is 0 Å². The smallest absolute Gasteiger partial charge is 0.266 e. The monoisotopic (exact) mass is 291 g/mol. The number of aromatic nitrogens is 1. The van der Waals surface area contributed by atoms with Gasteiger partial charge in [0.25, 0.3) is 5.91 Å². The largest absolute Gasteiger partial charge is 0.362 e. The van der Waals surface area contributed by atoms with E-state index in [2.05, 4.69) is 4.98 Å². The highest BCUT2D eigenvalue weighted by Gasteiger charge is 2.17. The van der Waals surface area contributed by atoms with Crippen LogP contribution in [0.2, 0.25) is 0 Å². The number of rotatable bonds is 3. The first kappa shape index (κ1) is 14.4. The van der Waals surface area contributed by atoms with Crippen molar-refractivity contribution in [3.63, 3.8) is 0 Å². The Morgan fingerprint density at radius 2 is 2.00 bits per heavy atom. The zero-order valence-electron chi connectivity index (χ0n) is 10.5. The highest BCUT2D eigenvalue weighted by molar-refractivity contribution is 6.09. The van der Waals surface area contributed by atoms with Gasteiger partial charge in [-0.3, -0.25) is 4.79 Å². The third-order valence-electron chi connectivity index (χ3n) is 2.57. The third-order valence-corrected chi connectivity index (χ3v) is 2.57. The van der Waals surface area contributed by atoms with Crippen molar-refractivity contribution in [3.8, 4) is 6.07 Å². The number of amides is 1. The molecule has 0 fully saturated rings. The Morgan fingerprint density at radius 1 is 1.24 bits per heavy atom. The van der Waals surface area contributed by atoms with Crippen molar-refractivity contribution in [3.05, 3.63) is 59.2 Å². The molecule has 21 heavy (non-hydrogen) atoms. The Hall–Kier alpha value is -3.01. The standard InChI is InChI=1S/C14H8F3N3O/c15-10-3-4-11(13(17)12(10)16)20-14(21)8(7-18)6-9-2-1-5-19-9/h1-6,19H,(H,20,21)/b8-6-. The van der Waals surface area contributed by atoms with Gasteiger partial charge in [0.1, 0.15) is 11.6 Å². The minimum atomic E-state index is -1.69. The molecule has 0 unspecified atom stereocenters. The molecule has 2 aromatic rings. The molecule has 0 spiro atoms. The Morgan fingerprint density at radius 3 is 2.62 bits per heavy atom. The summed E-state index contributed by atoms with van der Waals surface area (Å²) < 4.78 is 39.3. The zero-order valence-corrected chi connectivity index (χ0v) is 10.5. The average Bonchev–Trinajstić information content (AvgIpc) is 2.98. The molecule has 1 aromatic carbocycles. The minimum Gasteiger partial charge on any atom is -0.362 e. The highest BCUT2D eigenvalue weighted by Crippen LogP contribution is 2.20. The Kier molecular flexibility index (Phi) is 4.09. The van der Waals surface area contributed by atoms with E-state index in [4.69, 9.17) is 5.26 Å². The van der Waals surface area contributed by atoms with Crippen molar-refractivity contribution < 1.29 is 18.0 Å². The Bertz CT molecular complexity index is 746. The highest BCUT2D eigenvalue weighted by atomic mass is 19.2. The first-order valence-electron chi connectivity index (χ1n) is 5.73. The van der Waals surface area contributed by atoms with Crippen LogP contribution in [0.3, 0.4) is 0 Å². The second kappa shape index (κ2) is 5.96. The molecular formula is C14H8F3N3O. The second-order valence-electron chi connectivity index (χ2n) is 3.97. The Labute approximate surface area is 117 Å². The van der Waals surface area contributed by atoms with E-state index in [-0.39, 0.29) is 5.57 Å². The summed E-state index contributed by atoms with van der Waals surface area (Å²) in [6.45, 7) is 0. The van der Waals surface area contributed by atoms with Crippen molar-refractivity contribution in [1.82, 2.24) is 4.98 Å². The van der Waals surface area contributed by atoms with Crippen molar-refractivity contribution in [1.29, 1.82) is 5.26 Å². The van der Waals surface area contributed by atoms with Gasteiger partial charge in [-0.2, -0.15) is 5.26 Å². The van der Waals surface area contributed by atoms with Gasteiger partial charge in [-0.15, -0.1) is 0 Å². The summed E-state index contributed by atoms with van der Waals surface area (Å²) in [5.41, 5.74) is -0.374. The van der Waals surface area contributed by atoms with Gasteiger partial charge < -0.3 is 10.3 Å². The number of nitrogens with zero attached hydrogens (tertiary/aromatic N) is 1. The van der Waals surface area contributed by atoms with Gasteiger partial charge in [-0.25, -0.2) is 13.2 Å². The molecule has 7 heteroatoms. The van der Waals surface area contributed by atoms with Crippen LogP contribution in [0.1, 0.15) is 5.69 Å². The fourth-order valence-electron chi connectivity index (χ4n) is 1.55.